The van der Waals surface area contributed by atoms with Crippen molar-refractivity contribution in [2.75, 3.05) is 0 Å². The van der Waals surface area contributed by atoms with Crippen LogP contribution in [0.5, 0.6) is 0 Å². The highest BCUT2D eigenvalue weighted by Gasteiger charge is 2.07. The summed E-state index contributed by atoms with van der Waals surface area (Å²) >= 11 is 0. The maximum Gasteiger partial charge on any atom is 0.162 e. The zero-order valence-corrected chi connectivity index (χ0v) is 17.0. The Hall–Kier alpha value is -2.88. The van der Waals surface area contributed by atoms with Gasteiger partial charge in [0.25, 0.3) is 0 Å². The molecule has 0 aliphatic heterocycles. The minimum Gasteiger partial charge on any atom is -0.744 e. The fourth-order valence-electron chi connectivity index (χ4n) is 2.61. The number of nitrogens with two attached hydrogens (primary N) is 1. The number of hydrogen-bond acceptors (Lipinski definition) is 9. The highest BCUT2D eigenvalue weighted by atomic mass is 32.2. The highest BCUT2D eigenvalue weighted by molar-refractivity contribution is 7.86. The smallest absolute Gasteiger partial charge is 0.162 e. The largest absolute Gasteiger partial charge is 0.744 e. The molecule has 2 heterocycles. The van der Waals surface area contributed by atoms with E-state index in [-0.39, 0.29) is 16.3 Å². The molecule has 0 fully saturated rings. The quantitative estimate of drug-likeness (QED) is 0.281. The van der Waals surface area contributed by atoms with E-state index in [9.17, 15) is 25.9 Å². The number of nitrogens with zero attached hydrogens (tertiary/aromatic N) is 2. The van der Waals surface area contributed by atoms with Gasteiger partial charge in [0, 0.05) is 0 Å². The van der Waals surface area contributed by atoms with Gasteiger partial charge in [-0.25, -0.2) is 26.8 Å². The van der Waals surface area contributed by atoms with Gasteiger partial charge in [-0.2, -0.15) is 0 Å². The maximum absolute atomic E-state index is 10.8. The number of hydrogen-bond donors (Lipinski definition) is 4. The highest BCUT2D eigenvalue weighted by Crippen LogP contribution is 2.17. The van der Waals surface area contributed by atoms with E-state index < -0.39 is 20.2 Å². The van der Waals surface area contributed by atoms with Gasteiger partial charge in [-0.3, -0.25) is 0 Å². The van der Waals surface area contributed by atoms with Crippen LogP contribution in [0.4, 0.5) is 0 Å². The molecule has 7 N–H and O–H groups in total. The number of fused-ring (bicyclic) bond motifs is 2. The van der Waals surface area contributed by atoms with E-state index in [1.165, 1.54) is 36.4 Å². The fourth-order valence-corrected chi connectivity index (χ4v) is 3.60. The number of benzene rings is 2. The Balaban J connectivity index is 0.000000171. The fraction of sp³-hybridized carbons (Fsp3) is 0.125. The van der Waals surface area contributed by atoms with Crippen LogP contribution in [0.2, 0.25) is 0 Å². The van der Waals surface area contributed by atoms with E-state index in [4.69, 9.17) is 5.73 Å². The van der Waals surface area contributed by atoms with Crippen LogP contribution in [0.15, 0.2) is 46.2 Å². The summed E-state index contributed by atoms with van der Waals surface area (Å²) < 4.78 is 64.5. The third-order valence-electron chi connectivity index (χ3n) is 4.01. The lowest BCUT2D eigenvalue weighted by Crippen LogP contribution is -2.47. The van der Waals surface area contributed by atoms with Gasteiger partial charge in [-0.15, -0.1) is 0 Å². The average Bonchev–Trinajstić information content (AvgIpc) is 3.28. The molecular formula is C16H17N6O6S2-. The number of aromatic amines is 2. The van der Waals surface area contributed by atoms with E-state index in [0.717, 1.165) is 0 Å². The van der Waals surface area contributed by atoms with Crippen LogP contribution in [0.25, 0.3) is 22.1 Å². The van der Waals surface area contributed by atoms with Crippen molar-refractivity contribution in [3.05, 3.63) is 48.0 Å². The SMILES string of the molecule is NCc1nc2ccc(S(=O)(=O)[O-])cc2[nH]1.[NH3+]Cc1nc2ccc(S(=O)(=O)[O-])cc2[nH]1. The van der Waals surface area contributed by atoms with Crippen LogP contribution in [0, 0.1) is 0 Å². The summed E-state index contributed by atoms with van der Waals surface area (Å²) in [5, 5.41) is 0. The molecule has 30 heavy (non-hydrogen) atoms. The van der Waals surface area contributed by atoms with E-state index in [1.807, 2.05) is 0 Å². The predicted molar refractivity (Wildman–Crippen MR) is 103 cm³/mol. The van der Waals surface area contributed by atoms with Gasteiger partial charge >= 0.3 is 0 Å². The summed E-state index contributed by atoms with van der Waals surface area (Å²) in [4.78, 5) is 13.4. The monoisotopic (exact) mass is 453 g/mol. The first kappa shape index (κ1) is 21.8. The van der Waals surface area contributed by atoms with Crippen molar-refractivity contribution in [1.29, 1.82) is 0 Å². The molecule has 0 aliphatic carbocycles. The molecule has 160 valence electrons. The van der Waals surface area contributed by atoms with E-state index in [1.54, 1.807) is 0 Å². The van der Waals surface area contributed by atoms with Crippen molar-refractivity contribution in [2.45, 2.75) is 22.9 Å². The molecule has 0 radical (unpaired) electrons. The summed E-state index contributed by atoms with van der Waals surface area (Å²) in [6, 6.07) is 7.98. The van der Waals surface area contributed by atoms with Gasteiger partial charge in [0.15, 0.2) is 5.82 Å². The van der Waals surface area contributed by atoms with Crippen molar-refractivity contribution in [3.63, 3.8) is 0 Å². The van der Waals surface area contributed by atoms with Crippen LogP contribution in [0.1, 0.15) is 11.6 Å². The minimum absolute atomic E-state index is 0.230. The van der Waals surface area contributed by atoms with Crippen molar-refractivity contribution in [2.24, 2.45) is 5.73 Å². The second-order valence-electron chi connectivity index (χ2n) is 6.09. The van der Waals surface area contributed by atoms with Crippen LogP contribution in [0.3, 0.4) is 0 Å². The van der Waals surface area contributed by atoms with Crippen LogP contribution in [-0.4, -0.2) is 45.9 Å². The number of nitrogens with one attached hydrogen (secondary N) is 2. The molecule has 4 aromatic rings. The molecule has 0 saturated carbocycles. The van der Waals surface area contributed by atoms with Gasteiger partial charge in [0.1, 0.15) is 32.6 Å². The van der Waals surface area contributed by atoms with Gasteiger partial charge < -0.3 is 30.5 Å². The molecule has 12 nitrogen and oxygen atoms in total. The zero-order chi connectivity index (χ0) is 22.1. The minimum atomic E-state index is -4.42. The molecule has 0 amide bonds. The molecule has 2 aromatic carbocycles. The lowest BCUT2D eigenvalue weighted by atomic mass is 10.3. The molecule has 0 atom stereocenters. The van der Waals surface area contributed by atoms with Crippen LogP contribution in [-0.2, 0) is 33.3 Å². The van der Waals surface area contributed by atoms with Gasteiger partial charge in [-0.1, -0.05) is 0 Å². The van der Waals surface area contributed by atoms with E-state index >= 15 is 0 Å². The molecule has 4 rings (SSSR count). The Kier molecular flexibility index (Phi) is 5.89. The van der Waals surface area contributed by atoms with E-state index in [0.29, 0.717) is 40.3 Å². The number of imidazole rings is 2. The van der Waals surface area contributed by atoms with Gasteiger partial charge in [-0.05, 0) is 36.4 Å². The number of quaternary nitrogens is 1. The van der Waals surface area contributed by atoms with E-state index in [2.05, 4.69) is 25.7 Å². The molecular weight excluding hydrogens is 436 g/mol. The first-order valence-electron chi connectivity index (χ1n) is 8.39. The molecule has 0 unspecified atom stereocenters. The van der Waals surface area contributed by atoms with Crippen molar-refractivity contribution < 1.29 is 31.7 Å². The average molecular weight is 453 g/mol. The maximum atomic E-state index is 10.8. The second-order valence-corrected chi connectivity index (χ2v) is 8.85. The van der Waals surface area contributed by atoms with Crippen molar-refractivity contribution in [1.82, 2.24) is 19.9 Å². The third kappa shape index (κ3) is 4.81. The second kappa shape index (κ2) is 8.10. The Morgan fingerprint density at radius 1 is 0.833 bits per heavy atom. The standard InChI is InChI=1S/2C8H9N3O3S/c2*9-4-8-10-6-2-1-5(15(12,13)14)3-7(6)11-8/h2*1-3H,4,9H2,(H,10,11)(H,12,13,14)/p-1. The van der Waals surface area contributed by atoms with Gasteiger partial charge in [0.05, 0.1) is 38.4 Å². The molecule has 0 spiro atoms. The van der Waals surface area contributed by atoms with Crippen LogP contribution < -0.4 is 11.5 Å². The van der Waals surface area contributed by atoms with Gasteiger partial charge in [0.2, 0.25) is 0 Å². The number of H-pyrrole nitrogens is 2. The number of rotatable bonds is 4. The topological polar surface area (TPSA) is 225 Å². The molecule has 0 bridgehead atoms. The summed E-state index contributed by atoms with van der Waals surface area (Å²) in [5.41, 5.74) is 11.3. The normalized spacial score (nSPS) is 12.1. The Bertz CT molecular complexity index is 1320. The predicted octanol–water partition coefficient (Wildman–Crippen LogP) is -0.865. The van der Waals surface area contributed by atoms with Crippen molar-refractivity contribution >= 4 is 42.3 Å². The first-order valence-corrected chi connectivity index (χ1v) is 11.2. The third-order valence-corrected chi connectivity index (χ3v) is 5.67. The number of aromatic nitrogens is 4. The molecule has 0 aliphatic rings. The van der Waals surface area contributed by atoms with Crippen LogP contribution >= 0.6 is 0 Å². The first-order chi connectivity index (χ1) is 14.0. The molecule has 0 saturated heterocycles. The Labute approximate surface area is 170 Å². The Morgan fingerprint density at radius 2 is 1.27 bits per heavy atom. The Morgan fingerprint density at radius 3 is 1.67 bits per heavy atom. The zero-order valence-electron chi connectivity index (χ0n) is 15.3. The summed E-state index contributed by atoms with van der Waals surface area (Å²) in [6.45, 7) is 0.711. The summed E-state index contributed by atoms with van der Waals surface area (Å²) in [5.74, 6) is 1.20. The lowest BCUT2D eigenvalue weighted by molar-refractivity contribution is -0.388. The molecule has 2 aromatic heterocycles. The summed E-state index contributed by atoms with van der Waals surface area (Å²) in [6.07, 6.45) is 0. The lowest BCUT2D eigenvalue weighted by Gasteiger charge is -2.05. The molecule has 14 heteroatoms. The summed E-state index contributed by atoms with van der Waals surface area (Å²) in [7, 11) is -8.83. The van der Waals surface area contributed by atoms with Crippen molar-refractivity contribution in [3.8, 4) is 0 Å².